The van der Waals surface area contributed by atoms with Crippen molar-refractivity contribution in [2.75, 3.05) is 68.1 Å². The molecule has 5 aromatic carbocycles. The Balaban J connectivity index is 0.000000222. The summed E-state index contributed by atoms with van der Waals surface area (Å²) in [6, 6.07) is 28.4. The van der Waals surface area contributed by atoms with Crippen molar-refractivity contribution in [1.29, 1.82) is 0 Å². The van der Waals surface area contributed by atoms with Gasteiger partial charge in [-0.15, -0.1) is 0 Å². The van der Waals surface area contributed by atoms with Crippen LogP contribution in [0.25, 0.3) is 32.7 Å². The van der Waals surface area contributed by atoms with Crippen LogP contribution in [0.3, 0.4) is 0 Å². The Morgan fingerprint density at radius 3 is 1.49 bits per heavy atom. The van der Waals surface area contributed by atoms with Crippen molar-refractivity contribution in [3.8, 4) is 0 Å². The molecule has 0 bridgehead atoms. The molecular weight excluding hydrogens is 1310 g/mol. The predicted octanol–water partition coefficient (Wildman–Crippen LogP) is 6.09. The van der Waals surface area contributed by atoms with Crippen LogP contribution in [-0.4, -0.2) is 136 Å². The fourth-order valence-electron chi connectivity index (χ4n) is 8.06. The van der Waals surface area contributed by atoms with Crippen LogP contribution in [0.5, 0.6) is 0 Å². The number of fused-ring (bicyclic) bond motifs is 3. The van der Waals surface area contributed by atoms with Gasteiger partial charge in [0.2, 0.25) is 0 Å². The number of nitrogens with zero attached hydrogens (tertiary/aromatic N) is 6. The number of ketones is 1. The van der Waals surface area contributed by atoms with E-state index in [0.717, 1.165) is 70.0 Å². The van der Waals surface area contributed by atoms with Gasteiger partial charge in [0.15, 0.2) is 5.79 Å². The Labute approximate surface area is 523 Å². The molecule has 22 nitrogen and oxygen atoms in total. The van der Waals surface area contributed by atoms with Gasteiger partial charge in [0.25, 0.3) is 15.8 Å². The second kappa shape index (κ2) is 33.8. The number of aliphatic hydroxyl groups is 3. The molecule has 0 radical (unpaired) electrons. The number of benzene rings is 5. The molecule has 85 heavy (non-hydrogen) atoms. The van der Waals surface area contributed by atoms with E-state index in [-0.39, 0.29) is 77.5 Å². The number of aromatic nitrogens is 3. The van der Waals surface area contributed by atoms with Gasteiger partial charge in [-0.05, 0) is 129 Å². The molecule has 31 heteroatoms. The summed E-state index contributed by atoms with van der Waals surface area (Å²) >= 11 is 6.44. The zero-order valence-corrected chi connectivity index (χ0v) is 51.8. The molecule has 3 aromatic heterocycles. The molecule has 0 aliphatic carbocycles. The molecule has 0 saturated carbocycles. The molecule has 1 spiro atoms. The molecule has 450 valence electrons. The number of nitro groups is 1. The molecule has 3 aliphatic rings. The molecule has 3 saturated heterocycles. The first-order valence-electron chi connectivity index (χ1n) is 24.8. The fourth-order valence-corrected chi connectivity index (χ4v) is 9.28. The first-order chi connectivity index (χ1) is 39.7. The monoisotopic (exact) mass is 1360 g/mol. The smallest absolute Gasteiger partial charge is 0.398 e. The zero-order chi connectivity index (χ0) is 61.8. The van der Waals surface area contributed by atoms with E-state index in [1.54, 1.807) is 73.2 Å². The van der Waals surface area contributed by atoms with E-state index in [9.17, 15) is 40.9 Å². The average Bonchev–Trinajstić information content (AvgIpc) is 3.16. The van der Waals surface area contributed by atoms with Crippen LogP contribution >= 0.6 is 31.9 Å². The number of nitrogen functional groups attached to an aromatic ring is 1. The quantitative estimate of drug-likeness (QED) is 0.0247. The molecule has 3 aliphatic heterocycles. The average molecular weight is 1360 g/mol. The van der Waals surface area contributed by atoms with Gasteiger partial charge in [-0.25, -0.2) is 17.6 Å². The number of ether oxygens (including phenoxy) is 2. The summed E-state index contributed by atoms with van der Waals surface area (Å²) in [5.41, 5.74) is 9.34. The third kappa shape index (κ3) is 22.4. The SMILES string of the molecule is Fc1ccc(Br)c2ncccc12.Fc1ccc(N2CCC3(CC2)OCCO3)c2ncccc12.Nc1cc(F)ccc1Br.O=C1CCN(c2ccc(F)c3cccnc23)CC1.O=S(=O)(O)O.O=[N+]([O-])c1cccc(S(=O)(=O)O)c1.OCC(O)CO.[Na+]. The minimum Gasteiger partial charge on any atom is -0.398 e. The number of nitro benzene ring substituents is 1. The standard InChI is InChI=1S/C16H17FN2O2.C14H13FN2O.C9H5BrFN.C6H5BrFN.C6H5NO5S.C3H8O3.Na.H2O4S/c17-13-3-4-14(15-12(13)2-1-7-18-15)19-8-5-16(6-9-19)20-10-11-21-16;15-12-3-4-13(14-11(12)2-1-7-16-14)17-8-5-10(18)6-9-17;10-7-3-4-8(11)6-2-1-5-12-9(6)7;7-5-2-1-4(8)3-6(5)9;8-7(9)5-2-1-3-6(4-5)13(10,11)12;4-1-3(6)2-5;;1-5(2,3)4/h1-4,7H,5-6,8-11H2;1-4,7H,5-6,8-9H2;1-5H;1-3H,9H2;1-4H,(H,10,11,12);3-6H,1-2H2;;(H2,1,2,3,4)/q;;;;;;+1;. The Morgan fingerprint density at radius 1 is 0.647 bits per heavy atom. The fraction of sp³-hybridized carbons (Fsp3) is 0.259. The molecule has 8 N–H and O–H groups in total. The number of Topliss-reactive ketones (excluding diaryl/α,β-unsaturated/α-hetero) is 1. The number of halogens is 6. The van der Waals surface area contributed by atoms with Crippen LogP contribution in [0, 0.1) is 33.4 Å². The van der Waals surface area contributed by atoms with Crippen molar-refractivity contribution in [2.24, 2.45) is 0 Å². The second-order valence-electron chi connectivity index (χ2n) is 17.8. The van der Waals surface area contributed by atoms with E-state index >= 15 is 0 Å². The Morgan fingerprint density at radius 2 is 1.08 bits per heavy atom. The molecule has 11 rings (SSSR count). The summed E-state index contributed by atoms with van der Waals surface area (Å²) in [6.45, 7) is 3.68. The van der Waals surface area contributed by atoms with Gasteiger partial charge in [-0.1, -0.05) is 6.07 Å². The molecule has 0 amide bonds. The van der Waals surface area contributed by atoms with E-state index in [4.69, 9.17) is 52.6 Å². The Bertz CT molecular complexity index is 3710. The third-order valence-corrected chi connectivity index (χ3v) is 14.3. The summed E-state index contributed by atoms with van der Waals surface area (Å²) in [5, 5.41) is 35.9. The number of piperidine rings is 2. The number of pyridine rings is 3. The minimum absolute atomic E-state index is 0. The number of carbonyl (C=O) groups excluding carboxylic acids is 1. The van der Waals surface area contributed by atoms with Gasteiger partial charge in [-0.2, -0.15) is 16.8 Å². The second-order valence-corrected chi connectivity index (χ2v) is 21.9. The molecular formula is C54H55Br2F4N7NaO15S2+. The van der Waals surface area contributed by atoms with Crippen molar-refractivity contribution >= 4 is 114 Å². The largest absolute Gasteiger partial charge is 1.00 e. The molecule has 3 fully saturated rings. The number of rotatable bonds is 6. The number of anilines is 3. The van der Waals surface area contributed by atoms with Crippen LogP contribution in [0.15, 0.2) is 148 Å². The maximum Gasteiger partial charge on any atom is 1.00 e. The number of nitrogens with two attached hydrogens (primary N) is 1. The number of non-ortho nitro benzene ring substituents is 1. The molecule has 8 aromatic rings. The van der Waals surface area contributed by atoms with Crippen LogP contribution in [0.1, 0.15) is 25.7 Å². The van der Waals surface area contributed by atoms with Crippen molar-refractivity contribution in [1.82, 2.24) is 15.0 Å². The van der Waals surface area contributed by atoms with Crippen molar-refractivity contribution in [3.05, 3.63) is 176 Å². The molecule has 0 unspecified atom stereocenters. The maximum atomic E-state index is 13.9. The van der Waals surface area contributed by atoms with E-state index < -0.39 is 36.4 Å². The van der Waals surface area contributed by atoms with Gasteiger partial charge in [0.1, 0.15) is 40.1 Å². The number of aliphatic hydroxyl groups excluding tert-OH is 3. The molecule has 6 heterocycles. The van der Waals surface area contributed by atoms with Crippen LogP contribution < -0.4 is 45.1 Å². The third-order valence-electron chi connectivity index (χ3n) is 12.1. The predicted molar refractivity (Wildman–Crippen MR) is 311 cm³/mol. The van der Waals surface area contributed by atoms with Crippen molar-refractivity contribution in [2.45, 2.75) is 42.5 Å². The first-order valence-corrected chi connectivity index (χ1v) is 29.2. The maximum absolute atomic E-state index is 13.9. The molecule has 0 atom stereocenters. The Kier molecular flexibility index (Phi) is 28.5. The van der Waals surface area contributed by atoms with E-state index in [1.165, 1.54) is 36.4 Å². The summed E-state index contributed by atoms with van der Waals surface area (Å²) in [6.07, 6.45) is 6.85. The summed E-state index contributed by atoms with van der Waals surface area (Å²) in [7, 11) is -9.03. The van der Waals surface area contributed by atoms with Gasteiger partial charge >= 0.3 is 40.0 Å². The zero-order valence-electron chi connectivity index (χ0n) is 45.0. The van der Waals surface area contributed by atoms with Gasteiger partial charge in [0, 0.05) is 113 Å². The summed E-state index contributed by atoms with van der Waals surface area (Å²) < 4.78 is 127. The van der Waals surface area contributed by atoms with Crippen LogP contribution in [-0.2, 0) is 34.8 Å². The van der Waals surface area contributed by atoms with E-state index in [2.05, 4.69) is 56.6 Å². The number of hydrogen-bond acceptors (Lipinski definition) is 18. The van der Waals surface area contributed by atoms with Crippen molar-refractivity contribution < 1.29 is 112 Å². The van der Waals surface area contributed by atoms with Gasteiger partial charge in [-0.3, -0.25) is 43.5 Å². The minimum atomic E-state index is -4.67. The summed E-state index contributed by atoms with van der Waals surface area (Å²) in [4.78, 5) is 37.3. The van der Waals surface area contributed by atoms with E-state index in [0.29, 0.717) is 77.8 Å². The first kappa shape index (κ1) is 71.5. The number of hydrogen-bond donors (Lipinski definition) is 7. The topological polar surface area (TPSA) is 340 Å². The summed E-state index contributed by atoms with van der Waals surface area (Å²) in [5.74, 6) is -1.12. The van der Waals surface area contributed by atoms with Gasteiger partial charge < -0.3 is 40.3 Å². The van der Waals surface area contributed by atoms with Crippen LogP contribution in [0.4, 0.5) is 40.3 Å². The van der Waals surface area contributed by atoms with E-state index in [1.807, 2.05) is 6.07 Å². The van der Waals surface area contributed by atoms with Crippen LogP contribution in [0.2, 0.25) is 0 Å². The normalized spacial score (nSPS) is 14.3. The number of carbonyl (C=O) groups is 1. The van der Waals surface area contributed by atoms with Gasteiger partial charge in [0.05, 0.1) is 59.3 Å². The van der Waals surface area contributed by atoms with Crippen molar-refractivity contribution in [3.63, 3.8) is 0 Å². The Hall–Kier alpha value is -5.94.